The monoisotopic (exact) mass is 306 g/mol. The average molecular weight is 308 g/mol. The van der Waals surface area contributed by atoms with Crippen LogP contribution in [-0.2, 0) is 0 Å². The van der Waals surface area contributed by atoms with E-state index in [1.165, 1.54) is 0 Å². The van der Waals surface area contributed by atoms with E-state index in [9.17, 15) is 0 Å². The molecule has 0 radical (unpaired) electrons. The SMILES string of the molecule is Cl.[Cl][Ho]([Cl])[Cl]. The fourth-order valence-corrected chi connectivity index (χ4v) is 0. The van der Waals surface area contributed by atoms with E-state index < -0.39 is 27.4 Å². The zero-order chi connectivity index (χ0) is 3.58. The molecule has 0 rings (SSSR count). The van der Waals surface area contributed by atoms with Gasteiger partial charge < -0.3 is 0 Å². The van der Waals surface area contributed by atoms with Crippen molar-refractivity contribution in [1.82, 2.24) is 0 Å². The molecule has 0 bridgehead atoms. The molecule has 0 unspecified atom stereocenters. The van der Waals surface area contributed by atoms with E-state index in [2.05, 4.69) is 0 Å². The Hall–Kier alpha value is 2.42. The molecule has 0 aromatic carbocycles. The molecular weight excluding hydrogens is 307 g/mol. The Kier molecular flexibility index (Phi) is 13.4. The Morgan fingerprint density at radius 1 is 1.00 bits per heavy atom. The molecular formula is HCl4Ho. The Bertz CT molecular complexity index is 8.36. The summed E-state index contributed by atoms with van der Waals surface area (Å²) in [6, 6.07) is 0. The van der Waals surface area contributed by atoms with Crippen LogP contribution in [0.4, 0.5) is 0 Å². The van der Waals surface area contributed by atoms with Gasteiger partial charge >= 0.3 is 46.6 Å². The predicted octanol–water partition coefficient (Wildman–Crippen LogP) is 2.49. The van der Waals surface area contributed by atoms with E-state index in [4.69, 9.17) is 19.2 Å². The number of hydrogen-bond acceptors (Lipinski definition) is 0. The summed E-state index contributed by atoms with van der Waals surface area (Å²) in [5.41, 5.74) is 0. The van der Waals surface area contributed by atoms with Gasteiger partial charge in [0.15, 0.2) is 0 Å². The van der Waals surface area contributed by atoms with Gasteiger partial charge in [-0.05, 0) is 0 Å². The normalized spacial score (nSPS) is 9.00. The Labute approximate surface area is 57.7 Å². The molecule has 0 aliphatic carbocycles. The van der Waals surface area contributed by atoms with Crippen molar-refractivity contribution in [3.05, 3.63) is 0 Å². The van der Waals surface area contributed by atoms with Crippen molar-refractivity contribution in [2.75, 3.05) is 0 Å². The summed E-state index contributed by atoms with van der Waals surface area (Å²) in [6.07, 6.45) is 14.9. The van der Waals surface area contributed by atoms with Crippen LogP contribution in [0.25, 0.3) is 0 Å². The third-order valence-corrected chi connectivity index (χ3v) is 0. The predicted molar refractivity (Wildman–Crippen MR) is 24.8 cm³/mol. The quantitative estimate of drug-likeness (QED) is 0.603. The molecule has 0 aromatic heterocycles. The second-order valence-corrected chi connectivity index (χ2v) is 8.62. The van der Waals surface area contributed by atoms with E-state index in [0.717, 1.165) is 0 Å². The molecule has 40 valence electrons. The van der Waals surface area contributed by atoms with Gasteiger partial charge in [-0.3, -0.25) is 0 Å². The van der Waals surface area contributed by atoms with Gasteiger partial charge in [0.25, 0.3) is 0 Å². The van der Waals surface area contributed by atoms with Crippen LogP contribution in [0, 0.1) is 27.4 Å². The minimum atomic E-state index is -1.79. The van der Waals surface area contributed by atoms with Gasteiger partial charge in [0.1, 0.15) is 0 Å². The van der Waals surface area contributed by atoms with Gasteiger partial charge in [-0.2, -0.15) is 0 Å². The van der Waals surface area contributed by atoms with E-state index in [-0.39, 0.29) is 12.4 Å². The zero-order valence-electron chi connectivity index (χ0n) is 1.84. The zero-order valence-corrected chi connectivity index (χ0v) is 6.86. The summed E-state index contributed by atoms with van der Waals surface area (Å²) in [7, 11) is 0. The third kappa shape index (κ3) is 21.4. The van der Waals surface area contributed by atoms with E-state index in [1.54, 1.807) is 0 Å². The van der Waals surface area contributed by atoms with Crippen molar-refractivity contribution in [1.29, 1.82) is 0 Å². The first-order valence-corrected chi connectivity index (χ1v) is 7.61. The van der Waals surface area contributed by atoms with Crippen LogP contribution in [0.5, 0.6) is 0 Å². The fraction of sp³-hybridized carbons (Fsp3) is 0. The summed E-state index contributed by atoms with van der Waals surface area (Å²) in [6.45, 7) is 0. The fourth-order valence-electron chi connectivity index (χ4n) is 0. The van der Waals surface area contributed by atoms with Gasteiger partial charge in [0.2, 0.25) is 0 Å². The minimum absolute atomic E-state index is 0. The Balaban J connectivity index is 0. The molecule has 0 aliphatic heterocycles. The van der Waals surface area contributed by atoms with Crippen LogP contribution >= 0.6 is 31.6 Å². The van der Waals surface area contributed by atoms with Gasteiger partial charge in [-0.1, -0.05) is 0 Å². The average Bonchev–Trinajstić information content (AvgIpc) is 0.811. The van der Waals surface area contributed by atoms with Gasteiger partial charge in [0, 0.05) is 0 Å². The molecule has 0 heterocycles. The van der Waals surface area contributed by atoms with Crippen molar-refractivity contribution in [2.45, 2.75) is 0 Å². The molecule has 0 saturated carbocycles. The van der Waals surface area contributed by atoms with E-state index >= 15 is 0 Å². The third-order valence-electron chi connectivity index (χ3n) is 0. The number of halogens is 4. The second kappa shape index (κ2) is 6.42. The van der Waals surface area contributed by atoms with Crippen molar-refractivity contribution in [2.24, 2.45) is 0 Å². The van der Waals surface area contributed by atoms with Crippen molar-refractivity contribution in [3.8, 4) is 0 Å². The maximum atomic E-state index is 4.95. The maximum absolute atomic E-state index is 4.95. The summed E-state index contributed by atoms with van der Waals surface area (Å²) < 4.78 is 0. The Morgan fingerprint density at radius 2 is 1.00 bits per heavy atom. The van der Waals surface area contributed by atoms with Crippen molar-refractivity contribution in [3.63, 3.8) is 0 Å². The van der Waals surface area contributed by atoms with Gasteiger partial charge in [-0.25, -0.2) is 0 Å². The summed E-state index contributed by atoms with van der Waals surface area (Å²) in [4.78, 5) is 0. The Morgan fingerprint density at radius 3 is 1.00 bits per heavy atom. The van der Waals surface area contributed by atoms with Crippen LogP contribution in [0.1, 0.15) is 0 Å². The molecule has 0 fully saturated rings. The molecule has 0 atom stereocenters. The molecule has 5 heavy (non-hydrogen) atoms. The summed E-state index contributed by atoms with van der Waals surface area (Å²) in [5, 5.41) is 0. The molecule has 0 amide bonds. The van der Waals surface area contributed by atoms with Gasteiger partial charge in [-0.15, -0.1) is 12.4 Å². The standard InChI is InChI=1S/4ClH.Ho/h4*1H;/q;;;;+3/p-3. The van der Waals surface area contributed by atoms with Crippen LogP contribution in [0.2, 0.25) is 0 Å². The van der Waals surface area contributed by atoms with Crippen LogP contribution in [-0.4, -0.2) is 0 Å². The van der Waals surface area contributed by atoms with E-state index in [0.29, 0.717) is 0 Å². The first-order chi connectivity index (χ1) is 1.73. The van der Waals surface area contributed by atoms with Crippen molar-refractivity contribution >= 4 is 31.6 Å². The molecule has 0 N–H and O–H groups in total. The van der Waals surface area contributed by atoms with Crippen molar-refractivity contribution < 1.29 is 27.4 Å². The summed E-state index contributed by atoms with van der Waals surface area (Å²) >= 11 is -1.79. The van der Waals surface area contributed by atoms with E-state index in [1.807, 2.05) is 0 Å². The molecule has 5 heteroatoms. The number of rotatable bonds is 0. The molecule has 0 spiro atoms. The van der Waals surface area contributed by atoms with Gasteiger partial charge in [0.05, 0.1) is 0 Å². The van der Waals surface area contributed by atoms with Crippen LogP contribution < -0.4 is 0 Å². The molecule has 0 nitrogen and oxygen atoms in total. The summed E-state index contributed by atoms with van der Waals surface area (Å²) in [5.74, 6) is 0. The molecule has 0 aliphatic rings. The molecule has 0 saturated heterocycles. The first-order valence-electron chi connectivity index (χ1n) is 0.342. The molecule has 0 aromatic rings. The van der Waals surface area contributed by atoms with Crippen LogP contribution in [0.15, 0.2) is 0 Å². The second-order valence-electron chi connectivity index (χ2n) is 0.129. The topological polar surface area (TPSA) is 0 Å². The first kappa shape index (κ1) is 10.4. The van der Waals surface area contributed by atoms with Crippen LogP contribution in [0.3, 0.4) is 0 Å². The number of hydrogen-bond donors (Lipinski definition) is 0.